The monoisotopic (exact) mass is 253 g/mol. The van der Waals surface area contributed by atoms with Crippen LogP contribution >= 0.6 is 0 Å². The second kappa shape index (κ2) is 9.11. The van der Waals surface area contributed by atoms with E-state index in [1.165, 1.54) is 18.4 Å². The molecule has 4 heteroatoms. The SMILES string of the molecule is CCCCOCCn1cc(CNCCC)c(C)n1. The van der Waals surface area contributed by atoms with Crippen LogP contribution in [0.25, 0.3) is 0 Å². The standard InChI is InChI=1S/C14H27N3O/c1-4-6-9-18-10-8-17-12-14(13(3)16-17)11-15-7-5-2/h12,15H,4-11H2,1-3H3. The lowest BCUT2D eigenvalue weighted by atomic mass is 10.2. The third kappa shape index (κ3) is 5.65. The molecule has 18 heavy (non-hydrogen) atoms. The summed E-state index contributed by atoms with van der Waals surface area (Å²) in [4.78, 5) is 0. The molecule has 4 nitrogen and oxygen atoms in total. The Hall–Kier alpha value is -0.870. The van der Waals surface area contributed by atoms with Crippen molar-refractivity contribution < 1.29 is 4.74 Å². The molecule has 0 aliphatic carbocycles. The number of rotatable bonds is 10. The third-order valence-electron chi connectivity index (χ3n) is 2.90. The first-order valence-corrected chi connectivity index (χ1v) is 7.09. The molecule has 104 valence electrons. The predicted octanol–water partition coefficient (Wildman–Crippen LogP) is 2.51. The topological polar surface area (TPSA) is 39.1 Å². The van der Waals surface area contributed by atoms with Crippen LogP contribution in [-0.2, 0) is 17.8 Å². The normalized spacial score (nSPS) is 11.1. The van der Waals surface area contributed by atoms with Gasteiger partial charge in [-0.25, -0.2) is 0 Å². The van der Waals surface area contributed by atoms with Crippen molar-refractivity contribution in [2.24, 2.45) is 0 Å². The first-order valence-electron chi connectivity index (χ1n) is 7.09. The summed E-state index contributed by atoms with van der Waals surface area (Å²) in [5.74, 6) is 0. The van der Waals surface area contributed by atoms with Crippen LogP contribution in [0, 0.1) is 6.92 Å². The van der Waals surface area contributed by atoms with Crippen LogP contribution in [0.2, 0.25) is 0 Å². The Bertz CT molecular complexity index is 323. The van der Waals surface area contributed by atoms with Crippen molar-refractivity contribution in [1.82, 2.24) is 15.1 Å². The number of hydrogen-bond acceptors (Lipinski definition) is 3. The summed E-state index contributed by atoms with van der Waals surface area (Å²) in [5, 5.41) is 7.91. The van der Waals surface area contributed by atoms with Gasteiger partial charge in [0, 0.05) is 24.9 Å². The van der Waals surface area contributed by atoms with Crippen molar-refractivity contribution in [1.29, 1.82) is 0 Å². The molecule has 0 fully saturated rings. The Morgan fingerprint density at radius 2 is 2.11 bits per heavy atom. The van der Waals surface area contributed by atoms with Gasteiger partial charge < -0.3 is 10.1 Å². The van der Waals surface area contributed by atoms with Crippen molar-refractivity contribution in [2.75, 3.05) is 19.8 Å². The van der Waals surface area contributed by atoms with Gasteiger partial charge in [0.25, 0.3) is 0 Å². The lowest BCUT2D eigenvalue weighted by Crippen LogP contribution is -2.14. The van der Waals surface area contributed by atoms with Crippen molar-refractivity contribution in [3.05, 3.63) is 17.5 Å². The zero-order valence-electron chi connectivity index (χ0n) is 12.0. The summed E-state index contributed by atoms with van der Waals surface area (Å²) in [6, 6.07) is 0. The van der Waals surface area contributed by atoms with Crippen LogP contribution in [0.4, 0.5) is 0 Å². The fourth-order valence-electron chi connectivity index (χ4n) is 1.75. The van der Waals surface area contributed by atoms with Crippen molar-refractivity contribution in [3.63, 3.8) is 0 Å². The van der Waals surface area contributed by atoms with Crippen LogP contribution < -0.4 is 5.32 Å². The molecule has 0 atom stereocenters. The molecule has 0 unspecified atom stereocenters. The molecule has 0 spiro atoms. The number of aryl methyl sites for hydroxylation is 1. The lowest BCUT2D eigenvalue weighted by Gasteiger charge is -2.03. The van der Waals surface area contributed by atoms with Gasteiger partial charge in [-0.2, -0.15) is 5.10 Å². The Labute approximate surface area is 111 Å². The molecular weight excluding hydrogens is 226 g/mol. The molecule has 1 aromatic rings. The van der Waals surface area contributed by atoms with Gasteiger partial charge in [-0.3, -0.25) is 4.68 Å². The van der Waals surface area contributed by atoms with Gasteiger partial charge >= 0.3 is 0 Å². The quantitative estimate of drug-likeness (QED) is 0.651. The van der Waals surface area contributed by atoms with E-state index in [-0.39, 0.29) is 0 Å². The Morgan fingerprint density at radius 3 is 2.83 bits per heavy atom. The molecule has 1 heterocycles. The Balaban J connectivity index is 2.27. The largest absolute Gasteiger partial charge is 0.380 e. The van der Waals surface area contributed by atoms with Gasteiger partial charge in [0.05, 0.1) is 18.8 Å². The third-order valence-corrected chi connectivity index (χ3v) is 2.90. The number of ether oxygens (including phenoxy) is 1. The summed E-state index contributed by atoms with van der Waals surface area (Å²) < 4.78 is 7.54. The fourth-order valence-corrected chi connectivity index (χ4v) is 1.75. The fraction of sp³-hybridized carbons (Fsp3) is 0.786. The summed E-state index contributed by atoms with van der Waals surface area (Å²) in [6.07, 6.45) is 5.62. The minimum Gasteiger partial charge on any atom is -0.380 e. The minimum atomic E-state index is 0.753. The van der Waals surface area contributed by atoms with Gasteiger partial charge in [0.2, 0.25) is 0 Å². The van der Waals surface area contributed by atoms with Crippen LogP contribution in [0.1, 0.15) is 44.4 Å². The highest BCUT2D eigenvalue weighted by Gasteiger charge is 2.03. The number of hydrogen-bond donors (Lipinski definition) is 1. The van der Waals surface area contributed by atoms with E-state index in [1.54, 1.807) is 0 Å². The molecule has 0 radical (unpaired) electrons. The zero-order valence-corrected chi connectivity index (χ0v) is 12.0. The molecule has 0 aliphatic rings. The molecule has 1 N–H and O–H groups in total. The van der Waals surface area contributed by atoms with E-state index < -0.39 is 0 Å². The second-order valence-electron chi connectivity index (χ2n) is 4.65. The maximum absolute atomic E-state index is 5.55. The minimum absolute atomic E-state index is 0.753. The van der Waals surface area contributed by atoms with Gasteiger partial charge in [-0.05, 0) is 26.3 Å². The van der Waals surface area contributed by atoms with Crippen molar-refractivity contribution >= 4 is 0 Å². The highest BCUT2D eigenvalue weighted by molar-refractivity contribution is 5.14. The average molecular weight is 253 g/mol. The summed E-state index contributed by atoms with van der Waals surface area (Å²) >= 11 is 0. The van der Waals surface area contributed by atoms with Gasteiger partial charge in [-0.15, -0.1) is 0 Å². The summed E-state index contributed by atoms with van der Waals surface area (Å²) in [6.45, 7) is 10.9. The van der Waals surface area contributed by atoms with Gasteiger partial charge in [-0.1, -0.05) is 20.3 Å². The number of aromatic nitrogens is 2. The molecule has 0 saturated carbocycles. The highest BCUT2D eigenvalue weighted by atomic mass is 16.5. The van der Waals surface area contributed by atoms with Crippen molar-refractivity contribution in [2.45, 2.75) is 53.1 Å². The molecule has 0 aromatic carbocycles. The first-order chi connectivity index (χ1) is 8.77. The van der Waals surface area contributed by atoms with Crippen LogP contribution in [0.5, 0.6) is 0 Å². The number of nitrogens with one attached hydrogen (secondary N) is 1. The van der Waals surface area contributed by atoms with E-state index in [4.69, 9.17) is 4.74 Å². The molecule has 1 aromatic heterocycles. The van der Waals surface area contributed by atoms with E-state index in [0.29, 0.717) is 0 Å². The number of unbranched alkanes of at least 4 members (excludes halogenated alkanes) is 1. The molecule has 0 amide bonds. The Morgan fingerprint density at radius 1 is 1.28 bits per heavy atom. The van der Waals surface area contributed by atoms with E-state index in [1.807, 2.05) is 4.68 Å². The maximum Gasteiger partial charge on any atom is 0.0662 e. The predicted molar refractivity (Wildman–Crippen MR) is 74.7 cm³/mol. The maximum atomic E-state index is 5.55. The summed E-state index contributed by atoms with van der Waals surface area (Å²) in [7, 11) is 0. The van der Waals surface area contributed by atoms with Gasteiger partial charge in [0.15, 0.2) is 0 Å². The average Bonchev–Trinajstić information content (AvgIpc) is 2.70. The zero-order chi connectivity index (χ0) is 13.2. The van der Waals surface area contributed by atoms with E-state index in [0.717, 1.165) is 45.0 Å². The lowest BCUT2D eigenvalue weighted by molar-refractivity contribution is 0.121. The van der Waals surface area contributed by atoms with Gasteiger partial charge in [0.1, 0.15) is 0 Å². The first kappa shape index (κ1) is 15.2. The second-order valence-corrected chi connectivity index (χ2v) is 4.65. The highest BCUT2D eigenvalue weighted by Crippen LogP contribution is 2.05. The smallest absolute Gasteiger partial charge is 0.0662 e. The van der Waals surface area contributed by atoms with E-state index >= 15 is 0 Å². The number of nitrogens with zero attached hydrogens (tertiary/aromatic N) is 2. The molecule has 1 rings (SSSR count). The van der Waals surface area contributed by atoms with Crippen LogP contribution in [0.3, 0.4) is 0 Å². The molecule has 0 bridgehead atoms. The molecular formula is C14H27N3O. The molecule has 0 saturated heterocycles. The van der Waals surface area contributed by atoms with E-state index in [2.05, 4.69) is 37.4 Å². The molecule has 0 aliphatic heterocycles. The van der Waals surface area contributed by atoms with Crippen molar-refractivity contribution in [3.8, 4) is 0 Å². The summed E-state index contributed by atoms with van der Waals surface area (Å²) in [5.41, 5.74) is 2.41. The Kier molecular flexibility index (Phi) is 7.69. The van der Waals surface area contributed by atoms with Crippen LogP contribution in [0.15, 0.2) is 6.20 Å². The van der Waals surface area contributed by atoms with E-state index in [9.17, 15) is 0 Å². The van der Waals surface area contributed by atoms with Crippen LogP contribution in [-0.4, -0.2) is 29.5 Å².